The molecule has 2 amide bonds. The molecule has 0 aliphatic carbocycles. The SMILES string of the molecule is CC(C)c1cccc(C(C)C)c1NC(=O)Nc1cnn(CCO)c1. The molecule has 6 heteroatoms. The highest BCUT2D eigenvalue weighted by Gasteiger charge is 2.16. The summed E-state index contributed by atoms with van der Waals surface area (Å²) in [5.74, 6) is 0.623. The number of carbonyl (C=O) groups is 1. The monoisotopic (exact) mass is 330 g/mol. The van der Waals surface area contributed by atoms with E-state index in [0.29, 0.717) is 24.1 Å². The molecule has 6 nitrogen and oxygen atoms in total. The predicted molar refractivity (Wildman–Crippen MR) is 96.6 cm³/mol. The second-order valence-electron chi connectivity index (χ2n) is 6.42. The molecule has 0 radical (unpaired) electrons. The minimum Gasteiger partial charge on any atom is -0.394 e. The van der Waals surface area contributed by atoms with Crippen LogP contribution in [0.25, 0.3) is 0 Å². The first kappa shape index (κ1) is 18.0. The zero-order valence-corrected chi connectivity index (χ0v) is 14.7. The first-order chi connectivity index (χ1) is 11.4. The Morgan fingerprint density at radius 3 is 2.33 bits per heavy atom. The van der Waals surface area contributed by atoms with Gasteiger partial charge in [-0.25, -0.2) is 4.79 Å². The minimum atomic E-state index is -0.298. The van der Waals surface area contributed by atoms with Gasteiger partial charge in [0.05, 0.1) is 25.0 Å². The first-order valence-electron chi connectivity index (χ1n) is 8.26. The van der Waals surface area contributed by atoms with Crippen molar-refractivity contribution >= 4 is 17.4 Å². The molecule has 0 saturated heterocycles. The maximum Gasteiger partial charge on any atom is 0.323 e. The number of nitrogens with one attached hydrogen (secondary N) is 2. The van der Waals surface area contributed by atoms with Crippen LogP contribution in [0.2, 0.25) is 0 Å². The number of aliphatic hydroxyl groups is 1. The number of para-hydroxylation sites is 1. The van der Waals surface area contributed by atoms with Crippen LogP contribution in [0, 0.1) is 0 Å². The van der Waals surface area contributed by atoms with E-state index in [2.05, 4.69) is 43.4 Å². The maximum atomic E-state index is 12.4. The van der Waals surface area contributed by atoms with E-state index in [9.17, 15) is 4.79 Å². The first-order valence-corrected chi connectivity index (χ1v) is 8.26. The Balaban J connectivity index is 2.18. The van der Waals surface area contributed by atoms with Gasteiger partial charge in [0.2, 0.25) is 0 Å². The maximum absolute atomic E-state index is 12.4. The average molecular weight is 330 g/mol. The third-order valence-corrected chi connectivity index (χ3v) is 3.83. The van der Waals surface area contributed by atoms with Crippen LogP contribution in [0.3, 0.4) is 0 Å². The number of carbonyl (C=O) groups excluding carboxylic acids is 1. The number of aliphatic hydroxyl groups excluding tert-OH is 1. The molecule has 130 valence electrons. The highest BCUT2D eigenvalue weighted by Crippen LogP contribution is 2.32. The summed E-state index contributed by atoms with van der Waals surface area (Å²) in [5, 5.41) is 18.8. The van der Waals surface area contributed by atoms with Gasteiger partial charge >= 0.3 is 6.03 Å². The number of amides is 2. The van der Waals surface area contributed by atoms with Crippen LogP contribution in [-0.2, 0) is 6.54 Å². The molecule has 0 atom stereocenters. The van der Waals surface area contributed by atoms with Gasteiger partial charge in [-0.05, 0) is 23.0 Å². The van der Waals surface area contributed by atoms with Gasteiger partial charge in [-0.1, -0.05) is 45.9 Å². The van der Waals surface area contributed by atoms with Crippen molar-refractivity contribution in [3.63, 3.8) is 0 Å². The van der Waals surface area contributed by atoms with E-state index in [1.807, 2.05) is 18.2 Å². The Morgan fingerprint density at radius 2 is 1.79 bits per heavy atom. The summed E-state index contributed by atoms with van der Waals surface area (Å²) < 4.78 is 1.58. The summed E-state index contributed by atoms with van der Waals surface area (Å²) >= 11 is 0. The lowest BCUT2D eigenvalue weighted by atomic mass is 9.93. The summed E-state index contributed by atoms with van der Waals surface area (Å²) in [6, 6.07) is 5.83. The summed E-state index contributed by atoms with van der Waals surface area (Å²) in [7, 11) is 0. The van der Waals surface area contributed by atoms with E-state index in [0.717, 1.165) is 16.8 Å². The summed E-state index contributed by atoms with van der Waals surface area (Å²) in [4.78, 5) is 12.4. The van der Waals surface area contributed by atoms with E-state index in [4.69, 9.17) is 5.11 Å². The Bertz CT molecular complexity index is 666. The van der Waals surface area contributed by atoms with Crippen LogP contribution < -0.4 is 10.6 Å². The standard InChI is InChI=1S/C18H26N4O2/c1-12(2)15-6-5-7-16(13(3)4)17(15)21-18(24)20-14-10-19-22(11-14)8-9-23/h5-7,10-13,23H,8-9H2,1-4H3,(H2,20,21,24). The van der Waals surface area contributed by atoms with Crippen molar-refractivity contribution in [1.82, 2.24) is 9.78 Å². The van der Waals surface area contributed by atoms with Crippen LogP contribution in [0.4, 0.5) is 16.2 Å². The number of hydrogen-bond acceptors (Lipinski definition) is 3. The fraction of sp³-hybridized carbons (Fsp3) is 0.444. The molecule has 0 aliphatic heterocycles. The van der Waals surface area contributed by atoms with Gasteiger partial charge in [0.1, 0.15) is 0 Å². The van der Waals surface area contributed by atoms with Crippen molar-refractivity contribution in [2.24, 2.45) is 0 Å². The molecule has 2 aromatic rings. The van der Waals surface area contributed by atoms with E-state index in [1.165, 1.54) is 0 Å². The lowest BCUT2D eigenvalue weighted by molar-refractivity contribution is 0.262. The van der Waals surface area contributed by atoms with Gasteiger partial charge in [0.25, 0.3) is 0 Å². The lowest BCUT2D eigenvalue weighted by Crippen LogP contribution is -2.21. The highest BCUT2D eigenvalue weighted by molar-refractivity contribution is 6.00. The zero-order valence-electron chi connectivity index (χ0n) is 14.7. The zero-order chi connectivity index (χ0) is 17.7. The van der Waals surface area contributed by atoms with E-state index >= 15 is 0 Å². The molecular formula is C18H26N4O2. The molecule has 0 saturated carbocycles. The Hall–Kier alpha value is -2.34. The van der Waals surface area contributed by atoms with Gasteiger partial charge in [-0.15, -0.1) is 0 Å². The van der Waals surface area contributed by atoms with Crippen molar-refractivity contribution in [3.05, 3.63) is 41.7 Å². The average Bonchev–Trinajstić information content (AvgIpc) is 2.94. The van der Waals surface area contributed by atoms with Crippen molar-refractivity contribution in [1.29, 1.82) is 0 Å². The number of anilines is 2. The van der Waals surface area contributed by atoms with Crippen LogP contribution in [-0.4, -0.2) is 27.5 Å². The fourth-order valence-corrected chi connectivity index (χ4v) is 2.62. The Morgan fingerprint density at radius 1 is 1.17 bits per heavy atom. The van der Waals surface area contributed by atoms with Crippen molar-refractivity contribution in [2.75, 3.05) is 17.2 Å². The van der Waals surface area contributed by atoms with E-state index < -0.39 is 0 Å². The van der Waals surface area contributed by atoms with Gasteiger partial charge < -0.3 is 15.7 Å². The molecular weight excluding hydrogens is 304 g/mol. The molecule has 3 N–H and O–H groups in total. The molecule has 0 spiro atoms. The van der Waals surface area contributed by atoms with Gasteiger partial charge in [-0.2, -0.15) is 5.10 Å². The third kappa shape index (κ3) is 4.35. The molecule has 24 heavy (non-hydrogen) atoms. The molecule has 0 fully saturated rings. The van der Waals surface area contributed by atoms with Crippen molar-refractivity contribution < 1.29 is 9.90 Å². The largest absolute Gasteiger partial charge is 0.394 e. The number of benzene rings is 1. The molecule has 1 aromatic heterocycles. The van der Waals surface area contributed by atoms with Crippen molar-refractivity contribution in [3.8, 4) is 0 Å². The van der Waals surface area contributed by atoms with E-state index in [1.54, 1.807) is 17.1 Å². The summed E-state index contributed by atoms with van der Waals surface area (Å²) in [5.41, 5.74) is 3.71. The summed E-state index contributed by atoms with van der Waals surface area (Å²) in [6.07, 6.45) is 3.25. The predicted octanol–water partition coefficient (Wildman–Crippen LogP) is 3.77. The topological polar surface area (TPSA) is 79.2 Å². The lowest BCUT2D eigenvalue weighted by Gasteiger charge is -2.20. The fourth-order valence-electron chi connectivity index (χ4n) is 2.62. The Labute approximate surface area is 142 Å². The highest BCUT2D eigenvalue weighted by atomic mass is 16.3. The second-order valence-corrected chi connectivity index (χ2v) is 6.42. The van der Waals surface area contributed by atoms with Crippen LogP contribution in [0.15, 0.2) is 30.6 Å². The minimum absolute atomic E-state index is 0.00677. The number of aromatic nitrogens is 2. The molecule has 1 aromatic carbocycles. The van der Waals surface area contributed by atoms with Crippen LogP contribution in [0.1, 0.15) is 50.7 Å². The molecule has 1 heterocycles. The van der Waals surface area contributed by atoms with Crippen LogP contribution >= 0.6 is 0 Å². The van der Waals surface area contributed by atoms with Crippen LogP contribution in [0.5, 0.6) is 0 Å². The molecule has 0 unspecified atom stereocenters. The summed E-state index contributed by atoms with van der Waals surface area (Å²) in [6.45, 7) is 8.86. The Kier molecular flexibility index (Phi) is 5.98. The number of rotatable bonds is 6. The van der Waals surface area contributed by atoms with Gasteiger partial charge in [-0.3, -0.25) is 4.68 Å². The van der Waals surface area contributed by atoms with Crippen molar-refractivity contribution in [2.45, 2.75) is 46.1 Å². The van der Waals surface area contributed by atoms with Gasteiger partial charge in [0.15, 0.2) is 0 Å². The number of nitrogens with zero attached hydrogens (tertiary/aromatic N) is 2. The molecule has 0 aliphatic rings. The smallest absolute Gasteiger partial charge is 0.323 e. The van der Waals surface area contributed by atoms with E-state index in [-0.39, 0.29) is 12.6 Å². The quantitative estimate of drug-likeness (QED) is 0.754. The number of urea groups is 1. The van der Waals surface area contributed by atoms with Gasteiger partial charge in [0, 0.05) is 11.9 Å². The number of hydrogen-bond donors (Lipinski definition) is 3. The molecule has 0 bridgehead atoms. The normalized spacial score (nSPS) is 11.1. The molecule has 2 rings (SSSR count). The third-order valence-electron chi connectivity index (χ3n) is 3.83. The second kappa shape index (κ2) is 7.97.